The largest absolute Gasteiger partial charge is 0.354 e. The second-order valence-electron chi connectivity index (χ2n) is 7.18. The van der Waals surface area contributed by atoms with E-state index in [1.54, 1.807) is 6.20 Å². The molecule has 0 amide bonds. The van der Waals surface area contributed by atoms with Gasteiger partial charge >= 0.3 is 0 Å². The Bertz CT molecular complexity index is 507. The molecule has 1 aromatic rings. The van der Waals surface area contributed by atoms with Gasteiger partial charge < -0.3 is 9.80 Å². The lowest BCUT2D eigenvalue weighted by Crippen LogP contribution is -2.50. The first-order valence-electron chi connectivity index (χ1n) is 7.88. The Labute approximate surface area is 134 Å². The molecule has 2 heterocycles. The van der Waals surface area contributed by atoms with Crippen LogP contribution in [-0.2, 0) is 0 Å². The van der Waals surface area contributed by atoms with Crippen LogP contribution in [0.3, 0.4) is 0 Å². The molecule has 0 aliphatic carbocycles. The van der Waals surface area contributed by atoms with Crippen molar-refractivity contribution in [3.05, 3.63) is 23.9 Å². The summed E-state index contributed by atoms with van der Waals surface area (Å²) in [5.41, 5.74) is 0.922. The molecule has 0 bridgehead atoms. The number of anilines is 1. The lowest BCUT2D eigenvalue weighted by molar-refractivity contribution is 0.138. The summed E-state index contributed by atoms with van der Waals surface area (Å²) in [6.07, 6.45) is 1.65. The van der Waals surface area contributed by atoms with Crippen molar-refractivity contribution in [3.63, 3.8) is 0 Å². The number of aromatic nitrogens is 1. The molecule has 1 aromatic heterocycles. The molecular formula is C17H27N5. The zero-order chi connectivity index (χ0) is 16.2. The molecule has 0 aromatic carbocycles. The highest BCUT2D eigenvalue weighted by Crippen LogP contribution is 2.20. The summed E-state index contributed by atoms with van der Waals surface area (Å²) in [6.45, 7) is 11.0. The Balaban J connectivity index is 1.86. The average molecular weight is 301 g/mol. The highest BCUT2D eigenvalue weighted by atomic mass is 15.3. The third-order valence-corrected chi connectivity index (χ3v) is 3.97. The van der Waals surface area contributed by atoms with Crippen molar-refractivity contribution in [2.24, 2.45) is 5.41 Å². The van der Waals surface area contributed by atoms with Crippen molar-refractivity contribution in [1.29, 1.82) is 5.26 Å². The van der Waals surface area contributed by atoms with Crippen LogP contribution in [-0.4, -0.2) is 68.1 Å². The van der Waals surface area contributed by atoms with E-state index in [2.05, 4.69) is 53.7 Å². The molecule has 1 aliphatic heterocycles. The summed E-state index contributed by atoms with van der Waals surface area (Å²) < 4.78 is 0. The van der Waals surface area contributed by atoms with Gasteiger partial charge in [0, 0.05) is 45.5 Å². The maximum Gasteiger partial charge on any atom is 0.128 e. The standard InChI is InChI=1S/C17H27N5/c1-17(2,13-20(3)4)14-21-7-9-22(10-8-21)16-6-5-15(11-18)12-19-16/h5-6,12H,7-10,13-14H2,1-4H3. The van der Waals surface area contributed by atoms with E-state index in [1.165, 1.54) is 0 Å². The Hall–Kier alpha value is -1.64. The molecule has 0 unspecified atom stereocenters. The minimum Gasteiger partial charge on any atom is -0.354 e. The molecule has 0 spiro atoms. The van der Waals surface area contributed by atoms with Crippen LogP contribution in [0.5, 0.6) is 0 Å². The molecular weight excluding hydrogens is 274 g/mol. The Morgan fingerprint density at radius 3 is 2.41 bits per heavy atom. The van der Waals surface area contributed by atoms with Crippen LogP contribution in [0.1, 0.15) is 19.4 Å². The van der Waals surface area contributed by atoms with E-state index >= 15 is 0 Å². The van der Waals surface area contributed by atoms with E-state index in [-0.39, 0.29) is 0 Å². The maximum absolute atomic E-state index is 8.83. The topological polar surface area (TPSA) is 46.4 Å². The molecule has 5 heteroatoms. The number of rotatable bonds is 5. The molecule has 1 fully saturated rings. The van der Waals surface area contributed by atoms with Gasteiger partial charge in [0.15, 0.2) is 0 Å². The second-order valence-corrected chi connectivity index (χ2v) is 7.18. The number of nitriles is 1. The molecule has 22 heavy (non-hydrogen) atoms. The molecule has 0 N–H and O–H groups in total. The zero-order valence-electron chi connectivity index (χ0n) is 14.2. The van der Waals surface area contributed by atoms with Gasteiger partial charge in [0.1, 0.15) is 11.9 Å². The van der Waals surface area contributed by atoms with Gasteiger partial charge in [0.25, 0.3) is 0 Å². The third kappa shape index (κ3) is 4.69. The number of pyridine rings is 1. The SMILES string of the molecule is CN(C)CC(C)(C)CN1CCN(c2ccc(C#N)cn2)CC1. The van der Waals surface area contributed by atoms with Gasteiger partial charge in [-0.25, -0.2) is 4.98 Å². The Morgan fingerprint density at radius 2 is 1.91 bits per heavy atom. The van der Waals surface area contributed by atoms with Gasteiger partial charge in [0.05, 0.1) is 5.56 Å². The summed E-state index contributed by atoms with van der Waals surface area (Å²) >= 11 is 0. The van der Waals surface area contributed by atoms with Crippen LogP contribution < -0.4 is 4.90 Å². The van der Waals surface area contributed by atoms with Gasteiger partial charge in [-0.2, -0.15) is 5.26 Å². The molecule has 5 nitrogen and oxygen atoms in total. The van der Waals surface area contributed by atoms with Gasteiger partial charge in [-0.1, -0.05) is 13.8 Å². The predicted octanol–water partition coefficient (Wildman–Crippen LogP) is 1.66. The van der Waals surface area contributed by atoms with E-state index in [1.807, 2.05) is 12.1 Å². The van der Waals surface area contributed by atoms with Gasteiger partial charge in [-0.3, -0.25) is 4.90 Å². The van der Waals surface area contributed by atoms with Crippen molar-refractivity contribution in [2.45, 2.75) is 13.8 Å². The number of nitrogens with zero attached hydrogens (tertiary/aromatic N) is 5. The minimum atomic E-state index is 0.304. The lowest BCUT2D eigenvalue weighted by atomic mass is 9.92. The maximum atomic E-state index is 8.83. The monoisotopic (exact) mass is 301 g/mol. The van der Waals surface area contributed by atoms with E-state index in [9.17, 15) is 0 Å². The van der Waals surface area contributed by atoms with Crippen LogP contribution in [0, 0.1) is 16.7 Å². The van der Waals surface area contributed by atoms with E-state index < -0.39 is 0 Å². The van der Waals surface area contributed by atoms with E-state index in [4.69, 9.17) is 5.26 Å². The smallest absolute Gasteiger partial charge is 0.128 e. The van der Waals surface area contributed by atoms with E-state index in [0.29, 0.717) is 11.0 Å². The molecule has 2 rings (SSSR count). The van der Waals surface area contributed by atoms with Crippen molar-refractivity contribution in [1.82, 2.24) is 14.8 Å². The molecule has 1 saturated heterocycles. The summed E-state index contributed by atoms with van der Waals surface area (Å²) in [7, 11) is 4.27. The van der Waals surface area contributed by atoms with Crippen LogP contribution in [0.25, 0.3) is 0 Å². The normalized spacial score (nSPS) is 16.8. The zero-order valence-corrected chi connectivity index (χ0v) is 14.2. The average Bonchev–Trinajstić information content (AvgIpc) is 2.46. The highest BCUT2D eigenvalue weighted by Gasteiger charge is 2.25. The van der Waals surface area contributed by atoms with Crippen LogP contribution in [0.2, 0.25) is 0 Å². The summed E-state index contributed by atoms with van der Waals surface area (Å²) in [5, 5.41) is 8.83. The van der Waals surface area contributed by atoms with E-state index in [0.717, 1.165) is 45.1 Å². The lowest BCUT2D eigenvalue weighted by Gasteiger charge is -2.40. The first kappa shape index (κ1) is 16.7. The van der Waals surface area contributed by atoms with Crippen LogP contribution in [0.4, 0.5) is 5.82 Å². The fraction of sp³-hybridized carbons (Fsp3) is 0.647. The van der Waals surface area contributed by atoms with Crippen molar-refractivity contribution in [2.75, 3.05) is 58.3 Å². The van der Waals surface area contributed by atoms with Crippen LogP contribution in [0.15, 0.2) is 18.3 Å². The molecule has 0 saturated carbocycles. The number of hydrogen-bond donors (Lipinski definition) is 0. The quantitative estimate of drug-likeness (QED) is 0.828. The summed E-state index contributed by atoms with van der Waals surface area (Å²) in [6, 6.07) is 5.90. The highest BCUT2D eigenvalue weighted by molar-refractivity contribution is 5.42. The first-order valence-corrected chi connectivity index (χ1v) is 7.88. The summed E-state index contributed by atoms with van der Waals surface area (Å²) in [4.78, 5) is 11.5. The minimum absolute atomic E-state index is 0.304. The predicted molar refractivity (Wildman–Crippen MR) is 89.9 cm³/mol. The van der Waals surface area contributed by atoms with Crippen molar-refractivity contribution >= 4 is 5.82 Å². The second kappa shape index (κ2) is 7.08. The van der Waals surface area contributed by atoms with Gasteiger partial charge in [0.2, 0.25) is 0 Å². The van der Waals surface area contributed by atoms with Crippen LogP contribution >= 0.6 is 0 Å². The first-order chi connectivity index (χ1) is 10.4. The number of piperazine rings is 1. The summed E-state index contributed by atoms with van der Waals surface area (Å²) in [5.74, 6) is 0.978. The fourth-order valence-corrected chi connectivity index (χ4v) is 3.29. The molecule has 120 valence electrons. The third-order valence-electron chi connectivity index (χ3n) is 3.97. The fourth-order valence-electron chi connectivity index (χ4n) is 3.29. The van der Waals surface area contributed by atoms with Gasteiger partial charge in [-0.15, -0.1) is 0 Å². The Kier molecular flexibility index (Phi) is 5.38. The van der Waals surface area contributed by atoms with Gasteiger partial charge in [-0.05, 0) is 31.6 Å². The number of hydrogen-bond acceptors (Lipinski definition) is 5. The Morgan fingerprint density at radius 1 is 1.23 bits per heavy atom. The molecule has 1 aliphatic rings. The molecule has 0 radical (unpaired) electrons. The molecule has 0 atom stereocenters. The van der Waals surface area contributed by atoms with Crippen molar-refractivity contribution in [3.8, 4) is 6.07 Å². The van der Waals surface area contributed by atoms with Crippen molar-refractivity contribution < 1.29 is 0 Å².